The van der Waals surface area contributed by atoms with Crippen LogP contribution in [0.15, 0.2) is 48.5 Å². The van der Waals surface area contributed by atoms with Gasteiger partial charge in [0.1, 0.15) is 0 Å². The number of hydrogen-bond acceptors (Lipinski definition) is 1. The van der Waals surface area contributed by atoms with Gasteiger partial charge in [-0.25, -0.2) is 0 Å². The van der Waals surface area contributed by atoms with Crippen LogP contribution in [0.1, 0.15) is 17.3 Å². The van der Waals surface area contributed by atoms with Gasteiger partial charge in [-0.2, -0.15) is 0 Å². The van der Waals surface area contributed by atoms with Gasteiger partial charge >= 0.3 is 0 Å². The number of ketones is 1. The van der Waals surface area contributed by atoms with Crippen LogP contribution in [0.2, 0.25) is 0 Å². The van der Waals surface area contributed by atoms with E-state index in [0.717, 1.165) is 16.7 Å². The molecule has 1 heteroatoms. The normalized spacial score (nSPS) is 9.93. The van der Waals surface area contributed by atoms with E-state index in [4.69, 9.17) is 0 Å². The van der Waals surface area contributed by atoms with Crippen LogP contribution in [0, 0.1) is 6.07 Å². The topological polar surface area (TPSA) is 17.1 Å². The SMILES string of the molecule is CC(=O)c1cccc(-c2cc[c]cc2)c1. The Morgan fingerprint density at radius 1 is 1.07 bits per heavy atom. The Kier molecular flexibility index (Phi) is 2.64. The van der Waals surface area contributed by atoms with E-state index in [1.165, 1.54) is 0 Å². The lowest BCUT2D eigenvalue weighted by molar-refractivity contribution is 0.101. The molecule has 15 heavy (non-hydrogen) atoms. The number of carbonyl (C=O) groups is 1. The highest BCUT2D eigenvalue weighted by Crippen LogP contribution is 2.19. The lowest BCUT2D eigenvalue weighted by Crippen LogP contribution is -1.91. The maximum atomic E-state index is 11.2. The molecule has 2 rings (SSSR count). The number of rotatable bonds is 2. The fourth-order valence-electron chi connectivity index (χ4n) is 1.50. The molecule has 73 valence electrons. The van der Waals surface area contributed by atoms with E-state index in [2.05, 4.69) is 6.07 Å². The van der Waals surface area contributed by atoms with Crippen molar-refractivity contribution in [2.24, 2.45) is 0 Å². The van der Waals surface area contributed by atoms with Crippen LogP contribution in [0.5, 0.6) is 0 Å². The predicted molar refractivity (Wildman–Crippen MR) is 60.7 cm³/mol. The Morgan fingerprint density at radius 3 is 2.47 bits per heavy atom. The van der Waals surface area contributed by atoms with Gasteiger partial charge in [0.2, 0.25) is 0 Å². The smallest absolute Gasteiger partial charge is 0.159 e. The summed E-state index contributed by atoms with van der Waals surface area (Å²) in [5.74, 6) is 0.0966. The molecule has 0 aliphatic heterocycles. The second kappa shape index (κ2) is 4.09. The van der Waals surface area contributed by atoms with Crippen molar-refractivity contribution in [1.82, 2.24) is 0 Å². The molecular weight excluding hydrogens is 184 g/mol. The first-order valence-electron chi connectivity index (χ1n) is 4.85. The summed E-state index contributed by atoms with van der Waals surface area (Å²) in [6.45, 7) is 1.58. The largest absolute Gasteiger partial charge is 0.295 e. The molecule has 0 aromatic heterocycles. The summed E-state index contributed by atoms with van der Waals surface area (Å²) in [7, 11) is 0. The van der Waals surface area contributed by atoms with Crippen molar-refractivity contribution < 1.29 is 4.79 Å². The zero-order valence-corrected chi connectivity index (χ0v) is 8.53. The first-order valence-corrected chi connectivity index (χ1v) is 4.85. The van der Waals surface area contributed by atoms with Gasteiger partial charge in [0.05, 0.1) is 0 Å². The molecule has 0 saturated heterocycles. The lowest BCUT2D eigenvalue weighted by atomic mass is 10.0. The predicted octanol–water partition coefficient (Wildman–Crippen LogP) is 3.36. The maximum absolute atomic E-state index is 11.2. The Balaban J connectivity index is 2.46. The number of carbonyl (C=O) groups excluding carboxylic acids is 1. The molecule has 0 bridgehead atoms. The van der Waals surface area contributed by atoms with Gasteiger partial charge in [-0.15, -0.1) is 0 Å². The van der Waals surface area contributed by atoms with Crippen molar-refractivity contribution in [3.8, 4) is 11.1 Å². The Morgan fingerprint density at radius 2 is 1.80 bits per heavy atom. The first kappa shape index (κ1) is 9.66. The Hall–Kier alpha value is -1.89. The second-order valence-corrected chi connectivity index (χ2v) is 3.43. The zero-order chi connectivity index (χ0) is 10.7. The summed E-state index contributed by atoms with van der Waals surface area (Å²) in [5, 5.41) is 0. The van der Waals surface area contributed by atoms with Crippen LogP contribution in [0.3, 0.4) is 0 Å². The van der Waals surface area contributed by atoms with Crippen molar-refractivity contribution in [1.29, 1.82) is 0 Å². The molecule has 0 unspecified atom stereocenters. The van der Waals surface area contributed by atoms with E-state index >= 15 is 0 Å². The van der Waals surface area contributed by atoms with Crippen LogP contribution in [-0.4, -0.2) is 5.78 Å². The lowest BCUT2D eigenvalue weighted by Gasteiger charge is -2.02. The van der Waals surface area contributed by atoms with E-state index in [1.54, 1.807) is 6.92 Å². The van der Waals surface area contributed by atoms with Crippen LogP contribution >= 0.6 is 0 Å². The van der Waals surface area contributed by atoms with Crippen LogP contribution < -0.4 is 0 Å². The molecule has 1 nitrogen and oxygen atoms in total. The van der Waals surface area contributed by atoms with Crippen molar-refractivity contribution in [3.05, 3.63) is 60.2 Å². The molecule has 0 saturated carbocycles. The van der Waals surface area contributed by atoms with E-state index < -0.39 is 0 Å². The van der Waals surface area contributed by atoms with Crippen molar-refractivity contribution >= 4 is 5.78 Å². The molecule has 0 N–H and O–H groups in total. The molecule has 0 fully saturated rings. The fraction of sp³-hybridized carbons (Fsp3) is 0.0714. The highest BCUT2D eigenvalue weighted by Gasteiger charge is 2.01. The van der Waals surface area contributed by atoms with Gasteiger partial charge in [-0.1, -0.05) is 42.5 Å². The summed E-state index contributed by atoms with van der Waals surface area (Å²) in [5.41, 5.74) is 2.92. The summed E-state index contributed by atoms with van der Waals surface area (Å²) in [4.78, 5) is 11.2. The van der Waals surface area contributed by atoms with Crippen molar-refractivity contribution in [3.63, 3.8) is 0 Å². The Labute approximate surface area is 89.4 Å². The zero-order valence-electron chi connectivity index (χ0n) is 8.53. The average Bonchev–Trinajstić information content (AvgIpc) is 2.30. The highest BCUT2D eigenvalue weighted by molar-refractivity contribution is 5.95. The molecule has 1 radical (unpaired) electrons. The third-order valence-corrected chi connectivity index (χ3v) is 2.32. The van der Waals surface area contributed by atoms with Gasteiger partial charge < -0.3 is 0 Å². The highest BCUT2D eigenvalue weighted by atomic mass is 16.1. The maximum Gasteiger partial charge on any atom is 0.159 e. The summed E-state index contributed by atoms with van der Waals surface area (Å²) >= 11 is 0. The summed E-state index contributed by atoms with van der Waals surface area (Å²) in [6, 6.07) is 18.3. The van der Waals surface area contributed by atoms with E-state index in [9.17, 15) is 4.79 Å². The Bertz CT molecular complexity index is 472. The van der Waals surface area contributed by atoms with Crippen molar-refractivity contribution in [2.75, 3.05) is 0 Å². The summed E-state index contributed by atoms with van der Waals surface area (Å²) in [6.07, 6.45) is 0. The standard InChI is InChI=1S/C14H11O/c1-11(15)13-8-5-9-14(10-13)12-6-3-2-4-7-12/h3-10H,1H3. The minimum atomic E-state index is 0.0966. The third kappa shape index (κ3) is 2.13. The monoisotopic (exact) mass is 195 g/mol. The molecule has 2 aromatic rings. The molecular formula is C14H11O. The molecule has 2 aromatic carbocycles. The third-order valence-electron chi connectivity index (χ3n) is 2.32. The van der Waals surface area contributed by atoms with Gasteiger partial charge in [0.15, 0.2) is 5.78 Å². The molecule has 0 atom stereocenters. The van der Waals surface area contributed by atoms with E-state index in [-0.39, 0.29) is 5.78 Å². The van der Waals surface area contributed by atoms with E-state index in [0.29, 0.717) is 0 Å². The van der Waals surface area contributed by atoms with Gasteiger partial charge in [-0.3, -0.25) is 4.79 Å². The van der Waals surface area contributed by atoms with E-state index in [1.807, 2.05) is 48.5 Å². The number of hydrogen-bond donors (Lipinski definition) is 0. The quantitative estimate of drug-likeness (QED) is 0.671. The van der Waals surface area contributed by atoms with Crippen LogP contribution in [-0.2, 0) is 0 Å². The minimum absolute atomic E-state index is 0.0966. The van der Waals surface area contributed by atoms with Crippen LogP contribution in [0.25, 0.3) is 11.1 Å². The molecule has 0 spiro atoms. The number of Topliss-reactive ketones (excluding diaryl/α,β-unsaturated/α-hetero) is 1. The molecule has 0 heterocycles. The van der Waals surface area contributed by atoms with Crippen LogP contribution in [0.4, 0.5) is 0 Å². The fourth-order valence-corrected chi connectivity index (χ4v) is 1.50. The van der Waals surface area contributed by atoms with Gasteiger partial charge in [-0.05, 0) is 30.2 Å². The number of benzene rings is 2. The van der Waals surface area contributed by atoms with Gasteiger partial charge in [0, 0.05) is 5.56 Å². The second-order valence-electron chi connectivity index (χ2n) is 3.43. The first-order chi connectivity index (χ1) is 7.27. The molecule has 0 aliphatic rings. The minimum Gasteiger partial charge on any atom is -0.295 e. The average molecular weight is 195 g/mol. The molecule has 0 amide bonds. The molecule has 0 aliphatic carbocycles. The summed E-state index contributed by atoms with van der Waals surface area (Å²) < 4.78 is 0. The van der Waals surface area contributed by atoms with Gasteiger partial charge in [0.25, 0.3) is 0 Å². The van der Waals surface area contributed by atoms with Crippen molar-refractivity contribution in [2.45, 2.75) is 6.92 Å².